The van der Waals surface area contributed by atoms with Crippen LogP contribution in [-0.4, -0.2) is 62.0 Å². The van der Waals surface area contributed by atoms with E-state index in [-0.39, 0.29) is 12.4 Å². The number of nitrogens with one attached hydrogen (secondary N) is 1. The standard InChI is InChI=1S/C15H29N3O.ClH/c1-16-8-5-14-6-11-17(12-7-14)13-15(19)18-9-3-2-4-10-18;/h14,16H,2-13H2,1H3;1H. The van der Waals surface area contributed by atoms with Crippen molar-refractivity contribution in [2.24, 2.45) is 5.92 Å². The summed E-state index contributed by atoms with van der Waals surface area (Å²) in [7, 11) is 2.02. The maximum absolute atomic E-state index is 12.2. The highest BCUT2D eigenvalue weighted by Gasteiger charge is 2.23. The van der Waals surface area contributed by atoms with E-state index in [9.17, 15) is 4.79 Å². The second kappa shape index (κ2) is 9.59. The van der Waals surface area contributed by atoms with Crippen molar-refractivity contribution in [1.29, 1.82) is 0 Å². The van der Waals surface area contributed by atoms with E-state index in [4.69, 9.17) is 0 Å². The molecule has 0 atom stereocenters. The quantitative estimate of drug-likeness (QED) is 0.840. The van der Waals surface area contributed by atoms with Gasteiger partial charge in [0.25, 0.3) is 0 Å². The van der Waals surface area contributed by atoms with Crippen LogP contribution < -0.4 is 5.32 Å². The molecule has 4 nitrogen and oxygen atoms in total. The minimum Gasteiger partial charge on any atom is -0.342 e. The molecule has 2 aliphatic heterocycles. The number of hydrogen-bond acceptors (Lipinski definition) is 3. The van der Waals surface area contributed by atoms with Crippen LogP contribution in [0.25, 0.3) is 0 Å². The van der Waals surface area contributed by atoms with Crippen molar-refractivity contribution in [1.82, 2.24) is 15.1 Å². The third-order valence-corrected chi connectivity index (χ3v) is 4.58. The van der Waals surface area contributed by atoms with Crippen LogP contribution in [0.1, 0.15) is 38.5 Å². The Balaban J connectivity index is 0.00000200. The maximum atomic E-state index is 12.2. The van der Waals surface area contributed by atoms with E-state index in [1.54, 1.807) is 0 Å². The molecular formula is C15H30ClN3O. The Morgan fingerprint density at radius 2 is 1.75 bits per heavy atom. The first-order valence-corrected chi connectivity index (χ1v) is 7.94. The molecule has 0 radical (unpaired) electrons. The molecule has 0 aromatic carbocycles. The summed E-state index contributed by atoms with van der Waals surface area (Å²) in [4.78, 5) is 16.6. The van der Waals surface area contributed by atoms with Crippen LogP contribution in [0, 0.1) is 5.92 Å². The minimum absolute atomic E-state index is 0. The number of nitrogens with zero attached hydrogens (tertiary/aromatic N) is 2. The van der Waals surface area contributed by atoms with Crippen LogP contribution in [-0.2, 0) is 4.79 Å². The molecule has 0 saturated carbocycles. The summed E-state index contributed by atoms with van der Waals surface area (Å²) in [5.41, 5.74) is 0. The van der Waals surface area contributed by atoms with E-state index in [0.29, 0.717) is 12.5 Å². The number of likely N-dealkylation sites (tertiary alicyclic amines) is 2. The molecule has 2 heterocycles. The highest BCUT2D eigenvalue weighted by molar-refractivity contribution is 5.85. The van der Waals surface area contributed by atoms with Gasteiger partial charge in [0.05, 0.1) is 6.54 Å². The molecule has 0 unspecified atom stereocenters. The molecule has 0 bridgehead atoms. The van der Waals surface area contributed by atoms with Crippen molar-refractivity contribution < 1.29 is 4.79 Å². The van der Waals surface area contributed by atoms with Crippen LogP contribution in [0.2, 0.25) is 0 Å². The number of carbonyl (C=O) groups is 1. The number of hydrogen-bond donors (Lipinski definition) is 1. The number of amides is 1. The first-order valence-electron chi connectivity index (χ1n) is 7.94. The highest BCUT2D eigenvalue weighted by Crippen LogP contribution is 2.20. The Hall–Kier alpha value is -0.320. The second-order valence-electron chi connectivity index (χ2n) is 6.05. The van der Waals surface area contributed by atoms with Crippen molar-refractivity contribution in [3.05, 3.63) is 0 Å². The Morgan fingerprint density at radius 1 is 1.10 bits per heavy atom. The largest absolute Gasteiger partial charge is 0.342 e. The lowest BCUT2D eigenvalue weighted by Gasteiger charge is -2.34. The summed E-state index contributed by atoms with van der Waals surface area (Å²) < 4.78 is 0. The topological polar surface area (TPSA) is 35.6 Å². The zero-order valence-corrected chi connectivity index (χ0v) is 13.6. The fourth-order valence-electron chi connectivity index (χ4n) is 3.22. The highest BCUT2D eigenvalue weighted by atomic mass is 35.5. The first kappa shape index (κ1) is 17.7. The van der Waals surface area contributed by atoms with E-state index in [0.717, 1.165) is 38.6 Å². The number of rotatable bonds is 5. The summed E-state index contributed by atoms with van der Waals surface area (Å²) in [6.45, 7) is 5.95. The Labute approximate surface area is 129 Å². The SMILES string of the molecule is CNCCC1CCN(CC(=O)N2CCCCC2)CC1.Cl. The molecule has 2 saturated heterocycles. The van der Waals surface area contributed by atoms with Crippen molar-refractivity contribution in [3.8, 4) is 0 Å². The van der Waals surface area contributed by atoms with Gasteiger partial charge in [-0.2, -0.15) is 0 Å². The third-order valence-electron chi connectivity index (χ3n) is 4.58. The van der Waals surface area contributed by atoms with E-state index in [2.05, 4.69) is 15.1 Å². The van der Waals surface area contributed by atoms with Gasteiger partial charge in [0.15, 0.2) is 0 Å². The molecule has 1 amide bonds. The summed E-state index contributed by atoms with van der Waals surface area (Å²) in [6, 6.07) is 0. The van der Waals surface area contributed by atoms with Gasteiger partial charge >= 0.3 is 0 Å². The van der Waals surface area contributed by atoms with Crippen LogP contribution in [0.4, 0.5) is 0 Å². The van der Waals surface area contributed by atoms with Gasteiger partial charge in [-0.3, -0.25) is 9.69 Å². The van der Waals surface area contributed by atoms with Gasteiger partial charge in [-0.05, 0) is 71.1 Å². The summed E-state index contributed by atoms with van der Waals surface area (Å²) in [5.74, 6) is 1.21. The van der Waals surface area contributed by atoms with Crippen molar-refractivity contribution in [2.75, 3.05) is 46.3 Å². The van der Waals surface area contributed by atoms with Crippen LogP contribution in [0.3, 0.4) is 0 Å². The average molecular weight is 304 g/mol. The fraction of sp³-hybridized carbons (Fsp3) is 0.933. The van der Waals surface area contributed by atoms with Gasteiger partial charge in [0.2, 0.25) is 5.91 Å². The predicted molar refractivity (Wildman–Crippen MR) is 85.4 cm³/mol. The zero-order valence-electron chi connectivity index (χ0n) is 12.8. The maximum Gasteiger partial charge on any atom is 0.236 e. The fourth-order valence-corrected chi connectivity index (χ4v) is 3.22. The van der Waals surface area contributed by atoms with Crippen molar-refractivity contribution >= 4 is 18.3 Å². The second-order valence-corrected chi connectivity index (χ2v) is 6.05. The lowest BCUT2D eigenvalue weighted by Crippen LogP contribution is -2.45. The molecule has 0 aliphatic carbocycles. The molecule has 20 heavy (non-hydrogen) atoms. The molecule has 0 aromatic heterocycles. The van der Waals surface area contributed by atoms with Crippen LogP contribution >= 0.6 is 12.4 Å². The van der Waals surface area contributed by atoms with Gasteiger partial charge < -0.3 is 10.2 Å². The average Bonchev–Trinajstić information content (AvgIpc) is 2.47. The zero-order chi connectivity index (χ0) is 13.5. The molecular weight excluding hydrogens is 274 g/mol. The first-order chi connectivity index (χ1) is 9.29. The molecule has 2 aliphatic rings. The molecule has 0 aromatic rings. The van der Waals surface area contributed by atoms with Gasteiger partial charge in [-0.25, -0.2) is 0 Å². The van der Waals surface area contributed by atoms with Gasteiger partial charge in [0.1, 0.15) is 0 Å². The molecule has 2 rings (SSSR count). The van der Waals surface area contributed by atoms with E-state index in [1.807, 2.05) is 7.05 Å². The summed E-state index contributed by atoms with van der Waals surface area (Å²) in [5, 5.41) is 3.23. The Morgan fingerprint density at radius 3 is 2.35 bits per heavy atom. The monoisotopic (exact) mass is 303 g/mol. The Kier molecular flexibility index (Phi) is 8.50. The minimum atomic E-state index is 0. The number of piperidine rings is 2. The van der Waals surface area contributed by atoms with E-state index < -0.39 is 0 Å². The molecule has 2 fully saturated rings. The molecule has 1 N–H and O–H groups in total. The molecule has 0 spiro atoms. The summed E-state index contributed by atoms with van der Waals surface area (Å²) >= 11 is 0. The number of carbonyl (C=O) groups excluding carboxylic acids is 1. The van der Waals surface area contributed by atoms with Gasteiger partial charge in [-0.15, -0.1) is 12.4 Å². The lowest BCUT2D eigenvalue weighted by molar-refractivity contribution is -0.133. The van der Waals surface area contributed by atoms with Crippen molar-refractivity contribution in [3.63, 3.8) is 0 Å². The van der Waals surface area contributed by atoms with Crippen molar-refractivity contribution in [2.45, 2.75) is 38.5 Å². The van der Waals surface area contributed by atoms with E-state index in [1.165, 1.54) is 38.5 Å². The molecule has 118 valence electrons. The molecule has 5 heteroatoms. The number of halogens is 1. The predicted octanol–water partition coefficient (Wildman–Crippen LogP) is 1.74. The van der Waals surface area contributed by atoms with Gasteiger partial charge in [-0.1, -0.05) is 0 Å². The van der Waals surface area contributed by atoms with Crippen LogP contribution in [0.15, 0.2) is 0 Å². The van der Waals surface area contributed by atoms with Gasteiger partial charge in [0, 0.05) is 13.1 Å². The third kappa shape index (κ3) is 5.58. The Bertz CT molecular complexity index is 274. The van der Waals surface area contributed by atoms with E-state index >= 15 is 0 Å². The van der Waals surface area contributed by atoms with Crippen LogP contribution in [0.5, 0.6) is 0 Å². The lowest BCUT2D eigenvalue weighted by atomic mass is 9.93. The smallest absolute Gasteiger partial charge is 0.236 e. The summed E-state index contributed by atoms with van der Waals surface area (Å²) in [6.07, 6.45) is 7.48. The normalized spacial score (nSPS) is 21.6.